The number of nitrogens with zero attached hydrogens (tertiary/aromatic N) is 2. The van der Waals surface area contributed by atoms with Gasteiger partial charge >= 0.3 is 0 Å². The van der Waals surface area contributed by atoms with Gasteiger partial charge in [-0.2, -0.15) is 0 Å². The van der Waals surface area contributed by atoms with Crippen molar-refractivity contribution < 1.29 is 33.0 Å². The van der Waals surface area contributed by atoms with E-state index in [9.17, 15) is 18.8 Å². The lowest BCUT2D eigenvalue weighted by atomic mass is 10.1. The maximum Gasteiger partial charge on any atom is 0.265 e. The van der Waals surface area contributed by atoms with E-state index in [2.05, 4.69) is 0 Å². The largest absolute Gasteiger partial charge is 0.482 e. The Balaban J connectivity index is 1.39. The molecule has 2 aromatic carbocycles. The molecule has 0 atom stereocenters. The number of ketones is 1. The molecule has 174 valence electrons. The fourth-order valence-electron chi connectivity index (χ4n) is 3.77. The number of hydrogen-bond acceptors (Lipinski definition) is 6. The van der Waals surface area contributed by atoms with Crippen LogP contribution in [0.25, 0.3) is 0 Å². The molecular weight excluding hydrogens is 431 g/mol. The highest BCUT2D eigenvalue weighted by Gasteiger charge is 2.27. The number of anilines is 1. The van der Waals surface area contributed by atoms with Gasteiger partial charge in [-0.1, -0.05) is 12.1 Å². The number of ether oxygens (including phenoxy) is 3. The first-order valence-electron chi connectivity index (χ1n) is 10.9. The maximum absolute atomic E-state index is 13.7. The highest BCUT2D eigenvalue weighted by Crippen LogP contribution is 2.33. The van der Waals surface area contributed by atoms with Crippen LogP contribution in [0.5, 0.6) is 11.5 Å². The van der Waals surface area contributed by atoms with E-state index in [1.807, 2.05) is 0 Å². The van der Waals surface area contributed by atoms with Crippen molar-refractivity contribution in [1.82, 2.24) is 4.90 Å². The predicted octanol–water partition coefficient (Wildman–Crippen LogP) is 2.45. The van der Waals surface area contributed by atoms with Crippen molar-refractivity contribution in [2.45, 2.75) is 12.8 Å². The number of hydrogen-bond donors (Lipinski definition) is 0. The second kappa shape index (κ2) is 10.4. The van der Waals surface area contributed by atoms with Crippen molar-refractivity contribution in [2.75, 3.05) is 51.0 Å². The van der Waals surface area contributed by atoms with Crippen molar-refractivity contribution in [2.24, 2.45) is 0 Å². The van der Waals surface area contributed by atoms with Crippen molar-refractivity contribution in [3.8, 4) is 11.5 Å². The Labute approximate surface area is 190 Å². The van der Waals surface area contributed by atoms with Crippen LogP contribution in [0.15, 0.2) is 42.5 Å². The zero-order valence-corrected chi connectivity index (χ0v) is 18.1. The van der Waals surface area contributed by atoms with Crippen LogP contribution in [0.3, 0.4) is 0 Å². The first-order chi connectivity index (χ1) is 16.0. The molecule has 8 nitrogen and oxygen atoms in total. The zero-order chi connectivity index (χ0) is 23.2. The summed E-state index contributed by atoms with van der Waals surface area (Å²) in [7, 11) is 0. The second-order valence-electron chi connectivity index (χ2n) is 7.76. The highest BCUT2D eigenvalue weighted by molar-refractivity contribution is 6.02. The molecule has 2 aliphatic heterocycles. The van der Waals surface area contributed by atoms with Crippen LogP contribution in [0.2, 0.25) is 0 Å². The SMILES string of the molecule is O=C(COc1ccccc1F)c1ccc2c(c1)N(CCCC(=O)N1CCOCC1)C(=O)CO2. The first-order valence-corrected chi connectivity index (χ1v) is 10.9. The quantitative estimate of drug-likeness (QED) is 0.568. The third-order valence-electron chi connectivity index (χ3n) is 5.56. The lowest BCUT2D eigenvalue weighted by Gasteiger charge is -2.30. The number of Topliss-reactive ketones (excluding diaryl/α,β-unsaturated/α-hetero) is 1. The average Bonchev–Trinajstić information content (AvgIpc) is 2.84. The minimum absolute atomic E-state index is 0.00566. The number of halogens is 1. The Morgan fingerprint density at radius 2 is 1.88 bits per heavy atom. The molecule has 0 unspecified atom stereocenters. The number of carbonyl (C=O) groups is 3. The molecule has 1 fully saturated rings. The number of carbonyl (C=O) groups excluding carboxylic acids is 3. The van der Waals surface area contributed by atoms with E-state index in [0.29, 0.717) is 62.7 Å². The van der Waals surface area contributed by atoms with Crippen molar-refractivity contribution in [3.05, 3.63) is 53.8 Å². The molecule has 1 saturated heterocycles. The Morgan fingerprint density at radius 1 is 1.09 bits per heavy atom. The molecule has 2 heterocycles. The molecule has 0 aliphatic carbocycles. The molecule has 2 aromatic rings. The predicted molar refractivity (Wildman–Crippen MR) is 117 cm³/mol. The van der Waals surface area contributed by atoms with E-state index in [1.54, 1.807) is 34.1 Å². The second-order valence-corrected chi connectivity index (χ2v) is 7.76. The van der Waals surface area contributed by atoms with Gasteiger partial charge in [0.25, 0.3) is 5.91 Å². The Hall–Kier alpha value is -3.46. The van der Waals surface area contributed by atoms with Crippen LogP contribution in [-0.4, -0.2) is 68.6 Å². The Morgan fingerprint density at radius 3 is 2.67 bits per heavy atom. The fourth-order valence-corrected chi connectivity index (χ4v) is 3.77. The number of para-hydroxylation sites is 1. The topological polar surface area (TPSA) is 85.4 Å². The number of rotatable bonds is 8. The van der Waals surface area contributed by atoms with Gasteiger partial charge in [0.1, 0.15) is 5.75 Å². The third kappa shape index (κ3) is 5.48. The number of morpholine rings is 1. The molecular formula is C24H25FN2O6. The first kappa shape index (κ1) is 22.7. The van der Waals surface area contributed by atoms with E-state index in [0.717, 1.165) is 0 Å². The summed E-state index contributed by atoms with van der Waals surface area (Å²) in [4.78, 5) is 40.8. The summed E-state index contributed by atoms with van der Waals surface area (Å²) in [6.07, 6.45) is 0.797. The number of amides is 2. The summed E-state index contributed by atoms with van der Waals surface area (Å²) in [5, 5.41) is 0. The van der Waals surface area contributed by atoms with E-state index >= 15 is 0 Å². The van der Waals surface area contributed by atoms with Gasteiger partial charge in [0.05, 0.1) is 18.9 Å². The molecule has 0 N–H and O–H groups in total. The molecule has 0 radical (unpaired) electrons. The molecule has 4 rings (SSSR count). The van der Waals surface area contributed by atoms with Gasteiger partial charge in [-0.3, -0.25) is 14.4 Å². The van der Waals surface area contributed by atoms with E-state index in [1.165, 1.54) is 18.2 Å². The van der Waals surface area contributed by atoms with Gasteiger partial charge in [0.15, 0.2) is 30.6 Å². The smallest absolute Gasteiger partial charge is 0.265 e. The van der Waals surface area contributed by atoms with Crippen LogP contribution in [0.1, 0.15) is 23.2 Å². The van der Waals surface area contributed by atoms with Crippen molar-refractivity contribution >= 4 is 23.3 Å². The van der Waals surface area contributed by atoms with E-state index in [4.69, 9.17) is 14.2 Å². The molecule has 9 heteroatoms. The maximum atomic E-state index is 13.7. The van der Waals surface area contributed by atoms with E-state index < -0.39 is 5.82 Å². The Kier molecular flexibility index (Phi) is 7.19. The van der Waals surface area contributed by atoms with Crippen LogP contribution in [0.4, 0.5) is 10.1 Å². The normalized spacial score (nSPS) is 15.6. The summed E-state index contributed by atoms with van der Waals surface area (Å²) in [6.45, 7) is 2.12. The van der Waals surface area contributed by atoms with Crippen LogP contribution in [-0.2, 0) is 14.3 Å². The minimum atomic E-state index is -0.549. The lowest BCUT2D eigenvalue weighted by Crippen LogP contribution is -2.42. The molecule has 2 amide bonds. The van der Waals surface area contributed by atoms with Gasteiger partial charge in [-0.05, 0) is 36.8 Å². The van der Waals surface area contributed by atoms with Crippen LogP contribution >= 0.6 is 0 Å². The third-order valence-corrected chi connectivity index (χ3v) is 5.56. The summed E-state index contributed by atoms with van der Waals surface area (Å²) in [5.41, 5.74) is 0.791. The van der Waals surface area contributed by atoms with Gasteiger partial charge in [0.2, 0.25) is 5.91 Å². The number of fused-ring (bicyclic) bond motifs is 1. The Bertz CT molecular complexity index is 1040. The highest BCUT2D eigenvalue weighted by atomic mass is 19.1. The van der Waals surface area contributed by atoms with Gasteiger partial charge in [-0.25, -0.2) is 4.39 Å². The monoisotopic (exact) mass is 456 g/mol. The van der Waals surface area contributed by atoms with Crippen molar-refractivity contribution in [1.29, 1.82) is 0 Å². The van der Waals surface area contributed by atoms with Crippen LogP contribution in [0, 0.1) is 5.82 Å². The van der Waals surface area contributed by atoms with Gasteiger partial charge in [0, 0.05) is 31.6 Å². The molecule has 0 saturated carbocycles. The van der Waals surface area contributed by atoms with Gasteiger partial charge < -0.3 is 24.0 Å². The van der Waals surface area contributed by atoms with Crippen LogP contribution < -0.4 is 14.4 Å². The van der Waals surface area contributed by atoms with Crippen molar-refractivity contribution in [3.63, 3.8) is 0 Å². The summed E-state index contributed by atoms with van der Waals surface area (Å²) < 4.78 is 29.8. The zero-order valence-electron chi connectivity index (χ0n) is 18.1. The number of benzene rings is 2. The minimum Gasteiger partial charge on any atom is -0.482 e. The molecule has 33 heavy (non-hydrogen) atoms. The fraction of sp³-hybridized carbons (Fsp3) is 0.375. The summed E-state index contributed by atoms with van der Waals surface area (Å²) >= 11 is 0. The van der Waals surface area contributed by atoms with Gasteiger partial charge in [-0.15, -0.1) is 0 Å². The van der Waals surface area contributed by atoms with E-state index in [-0.39, 0.29) is 36.6 Å². The summed E-state index contributed by atoms with van der Waals surface area (Å²) in [6, 6.07) is 10.6. The molecule has 0 bridgehead atoms. The standard InChI is InChI=1S/C24H25FN2O6/c25-18-4-1-2-5-21(18)32-15-20(28)17-7-8-22-19(14-17)27(24(30)16-33-22)9-3-6-23(29)26-10-12-31-13-11-26/h1-2,4-5,7-8,14H,3,6,9-13,15-16H2. The average molecular weight is 456 g/mol. The molecule has 0 spiro atoms. The molecule has 2 aliphatic rings. The molecule has 0 aromatic heterocycles. The lowest BCUT2D eigenvalue weighted by molar-refractivity contribution is -0.135. The summed E-state index contributed by atoms with van der Waals surface area (Å²) in [5.74, 6) is -0.634.